The maximum absolute atomic E-state index is 12.4. The van der Waals surface area contributed by atoms with Crippen LogP contribution in [0.15, 0.2) is 36.5 Å². The average molecular weight is 304 g/mol. The third-order valence-corrected chi connectivity index (χ3v) is 3.56. The monoisotopic (exact) mass is 303 g/mol. The Kier molecular flexibility index (Phi) is 3.40. The highest BCUT2D eigenvalue weighted by molar-refractivity contribution is 6.34. The van der Waals surface area contributed by atoms with Crippen molar-refractivity contribution < 1.29 is 4.79 Å². The molecule has 6 nitrogen and oxygen atoms in total. The minimum Gasteiger partial charge on any atom is -0.345 e. The fraction of sp³-hybridized carbons (Fsp3) is 0.143. The Hall–Kier alpha value is -2.31. The number of nitrogens with two attached hydrogens (primary N) is 1. The molecule has 1 aromatic carbocycles. The number of anilines is 2. The predicted molar refractivity (Wildman–Crippen MR) is 81.8 cm³/mol. The Balaban J connectivity index is 1.80. The number of amides is 1. The maximum atomic E-state index is 12.4. The first-order valence-electron chi connectivity index (χ1n) is 6.39. The molecule has 7 heteroatoms. The molecule has 2 aromatic rings. The molecule has 1 unspecified atom stereocenters. The van der Waals surface area contributed by atoms with Gasteiger partial charge in [0.1, 0.15) is 0 Å². The molecular weight excluding hydrogens is 290 g/mol. The molecule has 1 atom stereocenters. The van der Waals surface area contributed by atoms with E-state index in [1.54, 1.807) is 24.4 Å². The number of pyridine rings is 1. The van der Waals surface area contributed by atoms with Crippen molar-refractivity contribution in [2.24, 2.45) is 5.84 Å². The van der Waals surface area contributed by atoms with Crippen molar-refractivity contribution in [3.05, 3.63) is 52.8 Å². The van der Waals surface area contributed by atoms with E-state index in [-0.39, 0.29) is 5.91 Å². The van der Waals surface area contributed by atoms with Crippen molar-refractivity contribution in [2.75, 3.05) is 10.6 Å². The van der Waals surface area contributed by atoms with E-state index in [0.29, 0.717) is 10.6 Å². The lowest BCUT2D eigenvalue weighted by molar-refractivity contribution is 0.0720. The van der Waals surface area contributed by atoms with Gasteiger partial charge in [0.05, 0.1) is 16.4 Å². The average Bonchev–Trinajstić information content (AvgIpc) is 2.91. The van der Waals surface area contributed by atoms with Gasteiger partial charge in [-0.3, -0.25) is 9.78 Å². The summed E-state index contributed by atoms with van der Waals surface area (Å²) < 4.78 is 0. The van der Waals surface area contributed by atoms with Crippen LogP contribution >= 0.6 is 11.6 Å². The van der Waals surface area contributed by atoms with E-state index in [2.05, 4.69) is 15.6 Å². The normalized spacial score (nSPS) is 15.9. The second-order valence-corrected chi connectivity index (χ2v) is 5.16. The number of aromatic nitrogens is 1. The van der Waals surface area contributed by atoms with Gasteiger partial charge in [-0.2, -0.15) is 0 Å². The van der Waals surface area contributed by atoms with Gasteiger partial charge >= 0.3 is 0 Å². The van der Waals surface area contributed by atoms with Gasteiger partial charge in [0.2, 0.25) is 0 Å². The van der Waals surface area contributed by atoms with Crippen LogP contribution in [0.3, 0.4) is 0 Å². The number of halogens is 1. The highest BCUT2D eigenvalue weighted by Crippen LogP contribution is 2.35. The first-order valence-corrected chi connectivity index (χ1v) is 6.76. The largest absolute Gasteiger partial charge is 0.345 e. The fourth-order valence-electron chi connectivity index (χ4n) is 2.20. The van der Waals surface area contributed by atoms with E-state index >= 15 is 0 Å². The van der Waals surface area contributed by atoms with E-state index < -0.39 is 6.29 Å². The number of nitrogens with one attached hydrogen (secondary N) is 2. The molecule has 1 amide bonds. The predicted octanol–water partition coefficient (Wildman–Crippen LogP) is 2.18. The molecule has 4 N–H and O–H groups in total. The van der Waals surface area contributed by atoms with E-state index in [1.807, 2.05) is 19.1 Å². The smallest absolute Gasteiger partial charge is 0.271 e. The minimum atomic E-state index is -0.555. The maximum Gasteiger partial charge on any atom is 0.271 e. The van der Waals surface area contributed by atoms with Crippen LogP contribution in [-0.4, -0.2) is 22.2 Å². The Morgan fingerprint density at radius 2 is 2.19 bits per heavy atom. The van der Waals surface area contributed by atoms with E-state index in [1.165, 1.54) is 0 Å². The Morgan fingerprint density at radius 1 is 1.38 bits per heavy atom. The second kappa shape index (κ2) is 5.23. The number of hydrogen-bond acceptors (Lipinski definition) is 5. The fourth-order valence-corrected chi connectivity index (χ4v) is 2.42. The van der Waals surface area contributed by atoms with Crippen LogP contribution in [0.1, 0.15) is 16.1 Å². The standard InChI is InChI=1S/C14H14ClN5O/c1-8-7-9(5-6-17-8)13(21)20(16)14-18-11-4-2-3-10(15)12(11)19-14/h2-7,14,18-19H,16H2,1H3. The van der Waals surface area contributed by atoms with Gasteiger partial charge in [0, 0.05) is 17.5 Å². The lowest BCUT2D eigenvalue weighted by Gasteiger charge is -2.24. The number of nitrogens with zero attached hydrogens (tertiary/aromatic N) is 2. The van der Waals surface area contributed by atoms with Crippen LogP contribution in [0, 0.1) is 6.92 Å². The van der Waals surface area contributed by atoms with Crippen LogP contribution in [0.4, 0.5) is 11.4 Å². The van der Waals surface area contributed by atoms with Crippen molar-refractivity contribution in [3.63, 3.8) is 0 Å². The highest BCUT2D eigenvalue weighted by Gasteiger charge is 2.28. The van der Waals surface area contributed by atoms with Gasteiger partial charge in [0.25, 0.3) is 5.91 Å². The summed E-state index contributed by atoms with van der Waals surface area (Å²) in [5, 5.41) is 7.87. The molecule has 3 rings (SSSR count). The van der Waals surface area contributed by atoms with Gasteiger partial charge in [-0.25, -0.2) is 10.9 Å². The number of fused-ring (bicyclic) bond motifs is 1. The number of aryl methyl sites for hydroxylation is 1. The summed E-state index contributed by atoms with van der Waals surface area (Å²) in [6.45, 7) is 1.82. The molecule has 1 aromatic heterocycles. The first kappa shape index (κ1) is 13.7. The molecule has 0 bridgehead atoms. The van der Waals surface area contributed by atoms with E-state index in [4.69, 9.17) is 17.4 Å². The zero-order valence-corrected chi connectivity index (χ0v) is 12.1. The van der Waals surface area contributed by atoms with Gasteiger partial charge in [-0.15, -0.1) is 0 Å². The summed E-state index contributed by atoms with van der Waals surface area (Å²) in [7, 11) is 0. The topological polar surface area (TPSA) is 83.3 Å². The SMILES string of the molecule is Cc1cc(C(=O)N(N)C2Nc3cccc(Cl)c3N2)ccn1. The molecule has 0 radical (unpaired) electrons. The van der Waals surface area contributed by atoms with E-state index in [9.17, 15) is 4.79 Å². The second-order valence-electron chi connectivity index (χ2n) is 4.75. The number of hydrazine groups is 1. The lowest BCUT2D eigenvalue weighted by atomic mass is 10.2. The molecule has 0 saturated carbocycles. The molecule has 21 heavy (non-hydrogen) atoms. The molecule has 0 saturated heterocycles. The van der Waals surface area contributed by atoms with Crippen molar-refractivity contribution >= 4 is 28.9 Å². The van der Waals surface area contributed by atoms with Crippen LogP contribution in [0.25, 0.3) is 0 Å². The Labute approximate surface area is 126 Å². The number of carbonyl (C=O) groups excluding carboxylic acids is 1. The zero-order chi connectivity index (χ0) is 15.0. The highest BCUT2D eigenvalue weighted by atomic mass is 35.5. The van der Waals surface area contributed by atoms with Crippen molar-refractivity contribution in [2.45, 2.75) is 13.2 Å². The first-order chi connectivity index (χ1) is 10.1. The molecule has 108 valence electrons. The zero-order valence-electron chi connectivity index (χ0n) is 11.3. The van der Waals surface area contributed by atoms with Crippen molar-refractivity contribution in [1.82, 2.24) is 9.99 Å². The summed E-state index contributed by atoms with van der Waals surface area (Å²) in [6.07, 6.45) is 1.03. The van der Waals surface area contributed by atoms with Crippen LogP contribution in [-0.2, 0) is 0 Å². The van der Waals surface area contributed by atoms with Gasteiger partial charge in [-0.05, 0) is 31.2 Å². The minimum absolute atomic E-state index is 0.311. The molecule has 1 aliphatic heterocycles. The summed E-state index contributed by atoms with van der Waals surface area (Å²) in [4.78, 5) is 16.4. The van der Waals surface area contributed by atoms with Crippen LogP contribution < -0.4 is 16.5 Å². The Bertz CT molecular complexity index is 706. The number of hydrogen-bond donors (Lipinski definition) is 3. The molecular formula is C14H14ClN5O. The van der Waals surface area contributed by atoms with Gasteiger partial charge in [-0.1, -0.05) is 17.7 Å². The number of para-hydroxylation sites is 1. The summed E-state index contributed by atoms with van der Waals surface area (Å²) in [6, 6.07) is 8.78. The van der Waals surface area contributed by atoms with Crippen LogP contribution in [0.5, 0.6) is 0 Å². The van der Waals surface area contributed by atoms with Crippen molar-refractivity contribution in [3.8, 4) is 0 Å². The summed E-state index contributed by atoms with van der Waals surface area (Å²) in [5.74, 6) is 5.62. The van der Waals surface area contributed by atoms with Gasteiger partial charge in [0.15, 0.2) is 6.29 Å². The Morgan fingerprint density at radius 3 is 2.90 bits per heavy atom. The third-order valence-electron chi connectivity index (χ3n) is 3.24. The summed E-state index contributed by atoms with van der Waals surface area (Å²) >= 11 is 6.10. The molecule has 0 aliphatic carbocycles. The molecule has 0 spiro atoms. The number of benzene rings is 1. The van der Waals surface area contributed by atoms with Gasteiger partial charge < -0.3 is 10.6 Å². The number of rotatable bonds is 2. The number of carbonyl (C=O) groups is 1. The van der Waals surface area contributed by atoms with Crippen LogP contribution in [0.2, 0.25) is 5.02 Å². The summed E-state index contributed by atoms with van der Waals surface area (Å²) in [5.41, 5.74) is 2.78. The quantitative estimate of drug-likeness (QED) is 0.450. The van der Waals surface area contributed by atoms with Crippen molar-refractivity contribution in [1.29, 1.82) is 0 Å². The lowest BCUT2D eigenvalue weighted by Crippen LogP contribution is -2.51. The molecule has 1 aliphatic rings. The molecule has 0 fully saturated rings. The molecule has 2 heterocycles. The van der Waals surface area contributed by atoms with E-state index in [0.717, 1.165) is 22.1 Å². The third kappa shape index (κ3) is 2.51.